The molecule has 9 heteroatoms. The van der Waals surface area contributed by atoms with Crippen LogP contribution in [-0.2, 0) is 17.7 Å². The normalized spacial score (nSPS) is 11.9. The Morgan fingerprint density at radius 2 is 2.00 bits per heavy atom. The summed E-state index contributed by atoms with van der Waals surface area (Å²) in [6.45, 7) is 0.376. The summed E-state index contributed by atoms with van der Waals surface area (Å²) in [5.74, 6) is 0.739. The van der Waals surface area contributed by atoms with E-state index in [0.717, 1.165) is 28.0 Å². The minimum atomic E-state index is -2.22. The third-order valence-corrected chi connectivity index (χ3v) is 3.91. The summed E-state index contributed by atoms with van der Waals surface area (Å²) in [5.41, 5.74) is 3.58. The molecule has 0 aliphatic carbocycles. The van der Waals surface area contributed by atoms with Crippen molar-refractivity contribution in [3.63, 3.8) is 0 Å². The summed E-state index contributed by atoms with van der Waals surface area (Å²) < 4.78 is 30.1. The first kappa shape index (κ1) is 18.3. The molecule has 2 aromatic carbocycles. The molecule has 0 amide bonds. The van der Waals surface area contributed by atoms with Gasteiger partial charge in [0.15, 0.2) is 0 Å². The van der Waals surface area contributed by atoms with Crippen LogP contribution in [0, 0.1) is 0 Å². The molecular formula is C15H16ClN4O3S-. The molecule has 1 N–H and O–H groups in total. The van der Waals surface area contributed by atoms with E-state index in [4.69, 9.17) is 4.74 Å². The summed E-state index contributed by atoms with van der Waals surface area (Å²) >= 11 is -2.22. The average molecular weight is 368 g/mol. The fraction of sp³-hybridized carbons (Fsp3) is 0.200. The highest BCUT2D eigenvalue weighted by Crippen LogP contribution is 2.21. The van der Waals surface area contributed by atoms with Crippen LogP contribution >= 0.6 is 12.4 Å². The van der Waals surface area contributed by atoms with Crippen molar-refractivity contribution in [1.29, 1.82) is 0 Å². The van der Waals surface area contributed by atoms with Crippen LogP contribution in [-0.4, -0.2) is 37.4 Å². The molecule has 24 heavy (non-hydrogen) atoms. The molecule has 3 aromatic rings. The lowest BCUT2D eigenvalue weighted by Crippen LogP contribution is -2.19. The molecule has 0 fully saturated rings. The number of hydrogen-bond acceptors (Lipinski definition) is 5. The largest absolute Gasteiger partial charge is 0.760 e. The Bertz CT molecular complexity index is 838. The van der Waals surface area contributed by atoms with Gasteiger partial charge in [0.1, 0.15) is 11.3 Å². The van der Waals surface area contributed by atoms with Crippen LogP contribution in [0.1, 0.15) is 5.56 Å². The summed E-state index contributed by atoms with van der Waals surface area (Å²) in [7, 11) is 1.61. The molecule has 3 rings (SSSR count). The molecule has 1 aromatic heterocycles. The Labute approximate surface area is 147 Å². The SMILES string of the molecule is COc1ccc2c(c1)nnn2-c1ccc(CCNS(=O)[O-])cc1.Cl. The minimum absolute atomic E-state index is 0. The molecule has 7 nitrogen and oxygen atoms in total. The van der Waals surface area contributed by atoms with Crippen LogP contribution in [0.25, 0.3) is 16.7 Å². The van der Waals surface area contributed by atoms with Crippen LogP contribution in [0.2, 0.25) is 0 Å². The Kier molecular flexibility index (Phi) is 6.27. The fourth-order valence-corrected chi connectivity index (χ4v) is 2.57. The van der Waals surface area contributed by atoms with Crippen molar-refractivity contribution in [1.82, 2.24) is 19.7 Å². The first-order chi connectivity index (χ1) is 11.2. The number of halogens is 1. The second-order valence-corrected chi connectivity index (χ2v) is 5.66. The van der Waals surface area contributed by atoms with Crippen molar-refractivity contribution in [3.05, 3.63) is 48.0 Å². The van der Waals surface area contributed by atoms with E-state index in [0.29, 0.717) is 13.0 Å². The van der Waals surface area contributed by atoms with E-state index in [9.17, 15) is 8.76 Å². The van der Waals surface area contributed by atoms with Crippen LogP contribution in [0.4, 0.5) is 0 Å². The molecule has 0 bridgehead atoms. The summed E-state index contributed by atoms with van der Waals surface area (Å²) in [5, 5.41) is 8.32. The Balaban J connectivity index is 0.00000208. The van der Waals surface area contributed by atoms with Crippen molar-refractivity contribution >= 4 is 34.7 Å². The molecule has 1 unspecified atom stereocenters. The number of benzene rings is 2. The predicted molar refractivity (Wildman–Crippen MR) is 93.3 cm³/mol. The number of nitrogens with one attached hydrogen (secondary N) is 1. The van der Waals surface area contributed by atoms with Crippen molar-refractivity contribution in [2.75, 3.05) is 13.7 Å². The van der Waals surface area contributed by atoms with E-state index < -0.39 is 11.3 Å². The van der Waals surface area contributed by atoms with Crippen LogP contribution in [0.3, 0.4) is 0 Å². The number of fused-ring (bicyclic) bond motifs is 1. The number of methoxy groups -OCH3 is 1. The molecule has 0 radical (unpaired) electrons. The zero-order valence-corrected chi connectivity index (χ0v) is 14.5. The lowest BCUT2D eigenvalue weighted by Gasteiger charge is -2.08. The van der Waals surface area contributed by atoms with E-state index in [1.54, 1.807) is 11.8 Å². The maximum absolute atomic E-state index is 10.4. The second kappa shape index (κ2) is 8.20. The standard InChI is InChI=1S/C15H16N4O3S.ClH/c1-22-13-6-7-15-14(10-13)17-18-19(15)12-4-2-11(3-5-12)8-9-16-23(20)21;/h2-7,10,16H,8-9H2,1H3,(H,20,21);1H/p-1. The van der Waals surface area contributed by atoms with Crippen LogP contribution < -0.4 is 9.46 Å². The zero-order chi connectivity index (χ0) is 16.2. The molecule has 0 saturated carbocycles. The molecule has 0 aliphatic heterocycles. The van der Waals surface area contributed by atoms with Gasteiger partial charge in [0.25, 0.3) is 0 Å². The highest BCUT2D eigenvalue weighted by molar-refractivity contribution is 7.77. The lowest BCUT2D eigenvalue weighted by molar-refractivity contribution is 0.415. The molecule has 1 heterocycles. The fourth-order valence-electron chi connectivity index (χ4n) is 2.30. The first-order valence-corrected chi connectivity index (χ1v) is 8.06. The second-order valence-electron chi connectivity index (χ2n) is 4.90. The quantitative estimate of drug-likeness (QED) is 0.670. The van der Waals surface area contributed by atoms with Gasteiger partial charge in [-0.1, -0.05) is 17.3 Å². The first-order valence-electron chi connectivity index (χ1n) is 6.99. The van der Waals surface area contributed by atoms with Gasteiger partial charge in [-0.2, -0.15) is 0 Å². The van der Waals surface area contributed by atoms with Gasteiger partial charge in [0.2, 0.25) is 0 Å². The van der Waals surface area contributed by atoms with Gasteiger partial charge in [-0.15, -0.1) is 17.5 Å². The van der Waals surface area contributed by atoms with E-state index in [1.165, 1.54) is 0 Å². The van der Waals surface area contributed by atoms with Crippen molar-refractivity contribution < 1.29 is 13.5 Å². The number of aromatic nitrogens is 3. The number of hydrogen-bond donors (Lipinski definition) is 1. The maximum atomic E-state index is 10.4. The van der Waals surface area contributed by atoms with Gasteiger partial charge >= 0.3 is 0 Å². The number of rotatable bonds is 6. The highest BCUT2D eigenvalue weighted by atomic mass is 35.5. The molecule has 0 aliphatic rings. The average Bonchev–Trinajstić information content (AvgIpc) is 2.98. The number of ether oxygens (including phenoxy) is 1. The zero-order valence-electron chi connectivity index (χ0n) is 12.8. The van der Waals surface area contributed by atoms with Crippen molar-refractivity contribution in [3.8, 4) is 11.4 Å². The summed E-state index contributed by atoms with van der Waals surface area (Å²) in [6, 6.07) is 13.4. The van der Waals surface area contributed by atoms with Gasteiger partial charge in [-0.05, 0) is 36.2 Å². The van der Waals surface area contributed by atoms with Crippen molar-refractivity contribution in [2.24, 2.45) is 0 Å². The summed E-state index contributed by atoms with van der Waals surface area (Å²) in [4.78, 5) is 0. The van der Waals surface area contributed by atoms with Gasteiger partial charge in [-0.3, -0.25) is 4.21 Å². The van der Waals surface area contributed by atoms with Gasteiger partial charge in [-0.25, -0.2) is 9.40 Å². The highest BCUT2D eigenvalue weighted by Gasteiger charge is 2.07. The van der Waals surface area contributed by atoms with E-state index in [-0.39, 0.29) is 12.4 Å². The summed E-state index contributed by atoms with van der Waals surface area (Å²) in [6.07, 6.45) is 0.629. The van der Waals surface area contributed by atoms with Gasteiger partial charge in [0.05, 0.1) is 18.3 Å². The van der Waals surface area contributed by atoms with E-state index in [1.807, 2.05) is 42.5 Å². The minimum Gasteiger partial charge on any atom is -0.760 e. The van der Waals surface area contributed by atoms with E-state index in [2.05, 4.69) is 15.0 Å². The molecule has 0 spiro atoms. The predicted octanol–water partition coefficient (Wildman–Crippen LogP) is 1.78. The topological polar surface area (TPSA) is 92.1 Å². The van der Waals surface area contributed by atoms with Gasteiger partial charge in [0, 0.05) is 23.9 Å². The Morgan fingerprint density at radius 3 is 2.67 bits per heavy atom. The van der Waals surface area contributed by atoms with Crippen LogP contribution in [0.15, 0.2) is 42.5 Å². The smallest absolute Gasteiger partial charge is 0.121 e. The molecule has 1 atom stereocenters. The third-order valence-electron chi connectivity index (χ3n) is 3.47. The lowest BCUT2D eigenvalue weighted by atomic mass is 10.1. The molecule has 128 valence electrons. The Hall–Kier alpha value is -2.00. The monoisotopic (exact) mass is 367 g/mol. The third kappa shape index (κ3) is 4.09. The maximum Gasteiger partial charge on any atom is 0.121 e. The number of nitrogens with zero attached hydrogens (tertiary/aromatic N) is 3. The van der Waals surface area contributed by atoms with Crippen molar-refractivity contribution in [2.45, 2.75) is 6.42 Å². The molecular weight excluding hydrogens is 352 g/mol. The van der Waals surface area contributed by atoms with Crippen LogP contribution in [0.5, 0.6) is 5.75 Å². The van der Waals surface area contributed by atoms with Gasteiger partial charge < -0.3 is 9.29 Å². The molecule has 0 saturated heterocycles. The Morgan fingerprint density at radius 1 is 1.25 bits per heavy atom. The van der Waals surface area contributed by atoms with E-state index >= 15 is 0 Å².